The van der Waals surface area contributed by atoms with Gasteiger partial charge in [-0.1, -0.05) is 36.4 Å². The molecule has 1 aromatic carbocycles. The summed E-state index contributed by atoms with van der Waals surface area (Å²) in [6, 6.07) is 7.33. The van der Waals surface area contributed by atoms with Gasteiger partial charge in [-0.05, 0) is 5.56 Å². The fourth-order valence-electron chi connectivity index (χ4n) is 1.56. The Morgan fingerprint density at radius 2 is 2.07 bits per heavy atom. The number of carboxylic acid groups (broad SMARTS) is 1. The third-order valence-corrected chi connectivity index (χ3v) is 2.30. The summed E-state index contributed by atoms with van der Waals surface area (Å²) in [6.45, 7) is 0. The predicted octanol–water partition coefficient (Wildman–Crippen LogP) is 1.78. The highest BCUT2D eigenvalue weighted by Gasteiger charge is 2.25. The van der Waals surface area contributed by atoms with E-state index in [1.54, 1.807) is 18.2 Å². The number of hydrogen-bond donors (Lipinski definition) is 2. The Balaban J connectivity index is 2.50. The predicted molar refractivity (Wildman–Crippen MR) is 53.4 cm³/mol. The molecule has 0 saturated carbocycles. The Hall–Kier alpha value is -1.90. The smallest absolute Gasteiger partial charge is 0.316 e. The molecule has 0 saturated heterocycles. The van der Waals surface area contributed by atoms with Crippen LogP contribution in [0.3, 0.4) is 0 Å². The molecule has 0 radical (unpaired) electrons. The van der Waals surface area contributed by atoms with Gasteiger partial charge in [-0.2, -0.15) is 0 Å². The number of benzene rings is 1. The van der Waals surface area contributed by atoms with Gasteiger partial charge in [0, 0.05) is 5.56 Å². The molecule has 3 nitrogen and oxygen atoms in total. The zero-order valence-corrected chi connectivity index (χ0v) is 7.40. The third-order valence-electron chi connectivity index (χ3n) is 2.30. The van der Waals surface area contributed by atoms with E-state index in [2.05, 4.69) is 0 Å². The van der Waals surface area contributed by atoms with Crippen LogP contribution in [0.4, 0.5) is 0 Å². The Morgan fingerprint density at radius 3 is 2.79 bits per heavy atom. The van der Waals surface area contributed by atoms with Gasteiger partial charge in [0.15, 0.2) is 0 Å². The summed E-state index contributed by atoms with van der Waals surface area (Å²) in [4.78, 5) is 10.8. The molecule has 0 heterocycles. The summed E-state index contributed by atoms with van der Waals surface area (Å²) >= 11 is 0. The Morgan fingerprint density at radius 1 is 1.36 bits per heavy atom. The van der Waals surface area contributed by atoms with E-state index in [4.69, 9.17) is 10.5 Å². The molecule has 0 amide bonds. The van der Waals surface area contributed by atoms with E-state index >= 15 is 0 Å². The van der Waals surface area contributed by atoms with Crippen molar-refractivity contribution in [2.75, 3.05) is 0 Å². The van der Waals surface area contributed by atoms with Crippen molar-refractivity contribution in [3.8, 4) is 0 Å². The van der Waals surface area contributed by atoms with Crippen molar-refractivity contribution in [2.45, 2.75) is 0 Å². The maximum Gasteiger partial charge on any atom is 0.316 e. The van der Waals surface area contributed by atoms with E-state index in [-0.39, 0.29) is 5.71 Å². The van der Waals surface area contributed by atoms with E-state index in [9.17, 15) is 4.79 Å². The number of rotatable bonds is 1. The molecule has 1 aliphatic rings. The molecular formula is C11H9NO2. The molecule has 1 unspecified atom stereocenters. The van der Waals surface area contributed by atoms with Crippen LogP contribution >= 0.6 is 0 Å². The van der Waals surface area contributed by atoms with Crippen LogP contribution in [0.1, 0.15) is 11.1 Å². The number of carboxylic acids is 1. The first kappa shape index (κ1) is 8.69. The van der Waals surface area contributed by atoms with Gasteiger partial charge in [-0.3, -0.25) is 4.79 Å². The van der Waals surface area contributed by atoms with Gasteiger partial charge in [0.1, 0.15) is 5.92 Å². The molecule has 2 N–H and O–H groups in total. The van der Waals surface area contributed by atoms with Crippen molar-refractivity contribution in [1.82, 2.24) is 0 Å². The lowest BCUT2D eigenvalue weighted by Gasteiger charge is -2.16. The number of aliphatic carboxylic acids is 1. The molecule has 14 heavy (non-hydrogen) atoms. The standard InChI is InChI=1S/C11H9NO2/c12-10-8-4-2-1-3-7(8)5-6-9(10)11(13)14/h1-6,9,12H,(H,13,14). The second kappa shape index (κ2) is 3.10. The Bertz CT molecular complexity index is 435. The number of carbonyl (C=O) groups is 1. The number of nitrogens with one attached hydrogen (secondary N) is 1. The van der Waals surface area contributed by atoms with E-state index < -0.39 is 11.9 Å². The summed E-state index contributed by atoms with van der Waals surface area (Å²) in [7, 11) is 0. The fourth-order valence-corrected chi connectivity index (χ4v) is 1.56. The number of hydrogen-bond acceptors (Lipinski definition) is 2. The van der Waals surface area contributed by atoms with Crippen LogP contribution in [0.5, 0.6) is 0 Å². The summed E-state index contributed by atoms with van der Waals surface area (Å²) in [5.41, 5.74) is 1.79. The summed E-state index contributed by atoms with van der Waals surface area (Å²) < 4.78 is 0. The largest absolute Gasteiger partial charge is 0.481 e. The molecule has 0 spiro atoms. The average Bonchev–Trinajstić information content (AvgIpc) is 2.18. The summed E-state index contributed by atoms with van der Waals surface area (Å²) in [5, 5.41) is 16.6. The topological polar surface area (TPSA) is 61.2 Å². The first-order chi connectivity index (χ1) is 6.70. The van der Waals surface area contributed by atoms with E-state index in [1.165, 1.54) is 0 Å². The van der Waals surface area contributed by atoms with Crippen molar-refractivity contribution >= 4 is 17.8 Å². The average molecular weight is 187 g/mol. The highest BCUT2D eigenvalue weighted by molar-refractivity contribution is 6.14. The van der Waals surface area contributed by atoms with Crippen molar-refractivity contribution in [2.24, 2.45) is 5.92 Å². The van der Waals surface area contributed by atoms with Crippen LogP contribution in [-0.2, 0) is 4.79 Å². The second-order valence-electron chi connectivity index (χ2n) is 3.18. The lowest BCUT2D eigenvalue weighted by atomic mass is 9.88. The molecule has 3 heteroatoms. The first-order valence-corrected chi connectivity index (χ1v) is 4.29. The molecule has 0 aromatic heterocycles. The van der Waals surface area contributed by atoms with Crippen LogP contribution in [0.25, 0.3) is 6.08 Å². The van der Waals surface area contributed by atoms with Crippen molar-refractivity contribution in [3.63, 3.8) is 0 Å². The van der Waals surface area contributed by atoms with Crippen LogP contribution in [-0.4, -0.2) is 16.8 Å². The van der Waals surface area contributed by atoms with Crippen LogP contribution < -0.4 is 0 Å². The van der Waals surface area contributed by atoms with Gasteiger partial charge in [0.2, 0.25) is 0 Å². The lowest BCUT2D eigenvalue weighted by molar-refractivity contribution is -0.138. The molecule has 0 aliphatic heterocycles. The van der Waals surface area contributed by atoms with Crippen LogP contribution in [0.2, 0.25) is 0 Å². The molecular weight excluding hydrogens is 178 g/mol. The minimum Gasteiger partial charge on any atom is -0.481 e. The van der Waals surface area contributed by atoms with E-state index in [1.807, 2.05) is 18.2 Å². The van der Waals surface area contributed by atoms with Crippen LogP contribution in [0, 0.1) is 11.3 Å². The Kier molecular flexibility index (Phi) is 1.93. The van der Waals surface area contributed by atoms with Gasteiger partial charge in [0.05, 0.1) is 5.71 Å². The highest BCUT2D eigenvalue weighted by atomic mass is 16.4. The molecule has 1 aromatic rings. The highest BCUT2D eigenvalue weighted by Crippen LogP contribution is 2.22. The molecule has 70 valence electrons. The van der Waals surface area contributed by atoms with Gasteiger partial charge in [0.25, 0.3) is 0 Å². The summed E-state index contributed by atoms with van der Waals surface area (Å²) in [5.74, 6) is -1.77. The van der Waals surface area contributed by atoms with Gasteiger partial charge < -0.3 is 10.5 Å². The quantitative estimate of drug-likeness (QED) is 0.704. The zero-order chi connectivity index (χ0) is 10.1. The normalized spacial score (nSPS) is 19.1. The van der Waals surface area contributed by atoms with E-state index in [0.29, 0.717) is 5.56 Å². The summed E-state index contributed by atoms with van der Waals surface area (Å²) in [6.07, 6.45) is 3.30. The monoisotopic (exact) mass is 187 g/mol. The van der Waals surface area contributed by atoms with Gasteiger partial charge in [-0.15, -0.1) is 0 Å². The maximum absolute atomic E-state index is 10.8. The lowest BCUT2D eigenvalue weighted by Crippen LogP contribution is -2.24. The van der Waals surface area contributed by atoms with Gasteiger partial charge >= 0.3 is 5.97 Å². The minimum absolute atomic E-state index is 0.163. The minimum atomic E-state index is -0.972. The third kappa shape index (κ3) is 1.23. The number of fused-ring (bicyclic) bond motifs is 1. The second-order valence-corrected chi connectivity index (χ2v) is 3.18. The van der Waals surface area contributed by atoms with Gasteiger partial charge in [-0.25, -0.2) is 0 Å². The van der Waals surface area contributed by atoms with Crippen LogP contribution in [0.15, 0.2) is 30.3 Å². The Labute approximate surface area is 81.2 Å². The molecule has 2 rings (SSSR count). The molecule has 0 fully saturated rings. The maximum atomic E-state index is 10.8. The molecule has 1 aliphatic carbocycles. The first-order valence-electron chi connectivity index (χ1n) is 4.29. The zero-order valence-electron chi connectivity index (χ0n) is 7.40. The SMILES string of the molecule is N=C1c2ccccc2C=CC1C(=O)O. The van der Waals surface area contributed by atoms with Crippen molar-refractivity contribution in [1.29, 1.82) is 5.41 Å². The molecule has 0 bridgehead atoms. The molecule has 1 atom stereocenters. The van der Waals surface area contributed by atoms with Crippen molar-refractivity contribution < 1.29 is 9.90 Å². The van der Waals surface area contributed by atoms with Crippen molar-refractivity contribution in [3.05, 3.63) is 41.5 Å². The fraction of sp³-hybridized carbons (Fsp3) is 0.0909. The van der Waals surface area contributed by atoms with E-state index in [0.717, 1.165) is 5.56 Å².